The summed E-state index contributed by atoms with van der Waals surface area (Å²) in [5.74, 6) is -0.268. The Bertz CT molecular complexity index is 876. The number of ether oxygens (including phenoxy) is 1. The standard InChI is InChI=1S/C21H22BrN3O3/c1-2-28-21(27)18-19(15-9-6-10-16(22)13-15)24-12-11-17(26)25(24)20(23-18)14-7-4-3-5-8-14/h3-10,13,18-20,23H,2,11-12H2,1H3/t18-,19+,20+/m1/s1. The summed E-state index contributed by atoms with van der Waals surface area (Å²) >= 11 is 3.51. The number of halogens is 1. The minimum Gasteiger partial charge on any atom is -0.465 e. The van der Waals surface area contributed by atoms with Crippen LogP contribution < -0.4 is 5.32 Å². The van der Waals surface area contributed by atoms with Crippen LogP contribution >= 0.6 is 15.9 Å². The van der Waals surface area contributed by atoms with Gasteiger partial charge in [0.05, 0.1) is 12.6 Å². The maximum atomic E-state index is 12.9. The Hall–Kier alpha value is -2.22. The highest BCUT2D eigenvalue weighted by molar-refractivity contribution is 9.10. The molecule has 2 saturated heterocycles. The molecular formula is C21H22BrN3O3. The first kappa shape index (κ1) is 19.1. The van der Waals surface area contributed by atoms with Crippen molar-refractivity contribution in [2.75, 3.05) is 13.2 Å². The normalized spacial score (nSPS) is 24.9. The summed E-state index contributed by atoms with van der Waals surface area (Å²) in [5, 5.41) is 7.17. The second-order valence-electron chi connectivity index (χ2n) is 6.86. The molecular weight excluding hydrogens is 422 g/mol. The molecule has 0 unspecified atom stereocenters. The summed E-state index contributed by atoms with van der Waals surface area (Å²) in [7, 11) is 0. The van der Waals surface area contributed by atoms with Crippen molar-refractivity contribution >= 4 is 27.8 Å². The van der Waals surface area contributed by atoms with Crippen LogP contribution in [0.2, 0.25) is 0 Å². The van der Waals surface area contributed by atoms with Crippen LogP contribution in [0.25, 0.3) is 0 Å². The summed E-state index contributed by atoms with van der Waals surface area (Å²) in [6, 6.07) is 16.6. The first-order valence-electron chi connectivity index (χ1n) is 9.42. The average molecular weight is 444 g/mol. The van der Waals surface area contributed by atoms with Gasteiger partial charge >= 0.3 is 5.97 Å². The largest absolute Gasteiger partial charge is 0.465 e. The van der Waals surface area contributed by atoms with Crippen molar-refractivity contribution < 1.29 is 14.3 Å². The molecule has 2 aromatic carbocycles. The number of fused-ring (bicyclic) bond motifs is 1. The quantitative estimate of drug-likeness (QED) is 0.735. The fourth-order valence-corrected chi connectivity index (χ4v) is 4.42. The number of rotatable bonds is 4. The van der Waals surface area contributed by atoms with Crippen molar-refractivity contribution in [3.8, 4) is 0 Å². The molecule has 0 saturated carbocycles. The minimum absolute atomic E-state index is 0.0451. The summed E-state index contributed by atoms with van der Waals surface area (Å²) in [5.41, 5.74) is 1.89. The van der Waals surface area contributed by atoms with E-state index in [1.807, 2.05) is 59.6 Å². The highest BCUT2D eigenvalue weighted by Crippen LogP contribution is 2.40. The van der Waals surface area contributed by atoms with Gasteiger partial charge in [-0.15, -0.1) is 0 Å². The van der Waals surface area contributed by atoms with Crippen molar-refractivity contribution in [2.45, 2.75) is 31.6 Å². The van der Waals surface area contributed by atoms with Crippen LogP contribution in [0.15, 0.2) is 59.1 Å². The first-order chi connectivity index (χ1) is 13.6. The van der Waals surface area contributed by atoms with E-state index in [1.165, 1.54) is 0 Å². The van der Waals surface area contributed by atoms with Crippen LogP contribution in [0.4, 0.5) is 0 Å². The number of hydrazine groups is 1. The van der Waals surface area contributed by atoms with E-state index in [0.717, 1.165) is 15.6 Å². The van der Waals surface area contributed by atoms with E-state index < -0.39 is 12.2 Å². The number of carbonyl (C=O) groups is 2. The molecule has 0 radical (unpaired) electrons. The molecule has 0 spiro atoms. The van der Waals surface area contributed by atoms with E-state index in [4.69, 9.17) is 4.74 Å². The summed E-state index contributed by atoms with van der Waals surface area (Å²) < 4.78 is 6.31. The Morgan fingerprint density at radius 3 is 2.64 bits per heavy atom. The van der Waals surface area contributed by atoms with Crippen molar-refractivity contribution in [2.24, 2.45) is 0 Å². The van der Waals surface area contributed by atoms with Gasteiger partial charge in [0.2, 0.25) is 5.91 Å². The SMILES string of the molecule is CCOC(=O)[C@@H]1N[C@H](c2ccccc2)N2C(=O)CCN2[C@H]1c1cccc(Br)c1. The third-order valence-corrected chi connectivity index (χ3v) is 5.65. The van der Waals surface area contributed by atoms with Crippen molar-refractivity contribution in [3.63, 3.8) is 0 Å². The molecule has 2 aromatic rings. The van der Waals surface area contributed by atoms with Crippen LogP contribution in [-0.4, -0.2) is 41.1 Å². The van der Waals surface area contributed by atoms with Gasteiger partial charge in [0.25, 0.3) is 0 Å². The summed E-state index contributed by atoms with van der Waals surface area (Å²) in [6.45, 7) is 2.67. The average Bonchev–Trinajstić information content (AvgIpc) is 3.09. The zero-order chi connectivity index (χ0) is 19.7. The molecule has 4 rings (SSSR count). The van der Waals surface area contributed by atoms with Crippen molar-refractivity contribution in [3.05, 3.63) is 70.2 Å². The van der Waals surface area contributed by atoms with Gasteiger partial charge < -0.3 is 4.74 Å². The molecule has 0 aromatic heterocycles. The summed E-state index contributed by atoms with van der Waals surface area (Å²) in [4.78, 5) is 25.6. The molecule has 3 atom stereocenters. The molecule has 2 aliphatic rings. The molecule has 2 fully saturated rings. The first-order valence-corrected chi connectivity index (χ1v) is 10.2. The minimum atomic E-state index is -0.596. The van der Waals surface area contributed by atoms with Crippen LogP contribution in [0, 0.1) is 0 Å². The van der Waals surface area contributed by atoms with Crippen LogP contribution in [0.1, 0.15) is 36.7 Å². The van der Waals surface area contributed by atoms with Gasteiger partial charge in [-0.25, -0.2) is 5.01 Å². The van der Waals surface area contributed by atoms with Gasteiger partial charge in [-0.1, -0.05) is 58.4 Å². The fourth-order valence-electron chi connectivity index (χ4n) is 4.00. The predicted molar refractivity (Wildman–Crippen MR) is 108 cm³/mol. The van der Waals surface area contributed by atoms with Gasteiger partial charge in [-0.3, -0.25) is 19.9 Å². The number of esters is 1. The van der Waals surface area contributed by atoms with Crippen molar-refractivity contribution in [1.29, 1.82) is 0 Å². The number of amides is 1. The van der Waals surface area contributed by atoms with E-state index in [9.17, 15) is 9.59 Å². The Balaban J connectivity index is 1.79. The zero-order valence-corrected chi connectivity index (χ0v) is 17.1. The lowest BCUT2D eigenvalue weighted by atomic mass is 9.96. The lowest BCUT2D eigenvalue weighted by molar-refractivity contribution is -0.174. The monoisotopic (exact) mass is 443 g/mol. The maximum Gasteiger partial charge on any atom is 0.325 e. The molecule has 28 heavy (non-hydrogen) atoms. The smallest absolute Gasteiger partial charge is 0.325 e. The number of hydrogen-bond donors (Lipinski definition) is 1. The van der Waals surface area contributed by atoms with Gasteiger partial charge in [-0.05, 0) is 30.2 Å². The molecule has 6 nitrogen and oxygen atoms in total. The Kier molecular flexibility index (Phi) is 5.48. The Labute approximate surface area is 172 Å². The van der Waals surface area contributed by atoms with Gasteiger partial charge in [-0.2, -0.15) is 0 Å². The molecule has 146 valence electrons. The number of carbonyl (C=O) groups excluding carboxylic acids is 2. The molecule has 0 bridgehead atoms. The van der Waals surface area contributed by atoms with Crippen LogP contribution in [0.5, 0.6) is 0 Å². The molecule has 1 N–H and O–H groups in total. The molecule has 1 amide bonds. The molecule has 2 heterocycles. The van der Waals surface area contributed by atoms with Gasteiger partial charge in [0.15, 0.2) is 0 Å². The van der Waals surface area contributed by atoms with Crippen LogP contribution in [0.3, 0.4) is 0 Å². The Morgan fingerprint density at radius 1 is 1.18 bits per heavy atom. The fraction of sp³-hybridized carbons (Fsp3) is 0.333. The number of nitrogens with zero attached hydrogens (tertiary/aromatic N) is 2. The topological polar surface area (TPSA) is 61.9 Å². The second kappa shape index (κ2) is 8.03. The number of hydrogen-bond acceptors (Lipinski definition) is 5. The van der Waals surface area contributed by atoms with Crippen molar-refractivity contribution in [1.82, 2.24) is 15.3 Å². The van der Waals surface area contributed by atoms with Gasteiger partial charge in [0.1, 0.15) is 12.2 Å². The zero-order valence-electron chi connectivity index (χ0n) is 15.5. The summed E-state index contributed by atoms with van der Waals surface area (Å²) in [6.07, 6.45) is 0.0134. The number of nitrogens with one attached hydrogen (secondary N) is 1. The maximum absolute atomic E-state index is 12.9. The van der Waals surface area contributed by atoms with E-state index in [-0.39, 0.29) is 17.9 Å². The third-order valence-electron chi connectivity index (χ3n) is 5.15. The predicted octanol–water partition coefficient (Wildman–Crippen LogP) is 3.17. The lowest BCUT2D eigenvalue weighted by Crippen LogP contribution is -2.63. The highest BCUT2D eigenvalue weighted by Gasteiger charge is 2.50. The molecule has 0 aliphatic carbocycles. The molecule has 7 heteroatoms. The van der Waals surface area contributed by atoms with E-state index >= 15 is 0 Å². The third kappa shape index (κ3) is 3.45. The Morgan fingerprint density at radius 2 is 1.93 bits per heavy atom. The number of benzene rings is 2. The van der Waals surface area contributed by atoms with E-state index in [2.05, 4.69) is 21.2 Å². The van der Waals surface area contributed by atoms with E-state index in [0.29, 0.717) is 19.6 Å². The second-order valence-corrected chi connectivity index (χ2v) is 7.78. The lowest BCUT2D eigenvalue weighted by Gasteiger charge is -2.48. The highest BCUT2D eigenvalue weighted by atomic mass is 79.9. The van der Waals surface area contributed by atoms with E-state index in [1.54, 1.807) is 11.9 Å². The molecule has 2 aliphatic heterocycles. The van der Waals surface area contributed by atoms with Gasteiger partial charge in [0, 0.05) is 17.4 Å². The van der Waals surface area contributed by atoms with Crippen LogP contribution in [-0.2, 0) is 14.3 Å².